The van der Waals surface area contributed by atoms with Crippen LogP contribution in [0.1, 0.15) is 0 Å². The largest absolute Gasteiger partial charge is 0.495 e. The van der Waals surface area contributed by atoms with Crippen molar-refractivity contribution < 1.29 is 22.8 Å². The lowest BCUT2D eigenvalue weighted by molar-refractivity contribution is -0.906. The molecule has 0 atom stereocenters. The standard InChI is InChI=1S/C13H19ClN2O4S/c1-19-12-3-2-11(14)10-13(12)21(17,18)15-4-5-16-6-8-20-9-7-16/h2-3,10,15H,4-9H2,1H3/p+1. The Bertz CT molecular complexity index is 574. The first-order valence-corrected chi connectivity index (χ1v) is 8.63. The first-order chi connectivity index (χ1) is 10.0. The van der Waals surface area contributed by atoms with Gasteiger partial charge in [-0.2, -0.15) is 0 Å². The predicted octanol–water partition coefficient (Wildman–Crippen LogP) is -0.458. The van der Waals surface area contributed by atoms with Crippen molar-refractivity contribution in [3.63, 3.8) is 0 Å². The van der Waals surface area contributed by atoms with Crippen LogP contribution in [0.5, 0.6) is 5.75 Å². The molecule has 0 amide bonds. The minimum atomic E-state index is -3.63. The molecule has 1 fully saturated rings. The van der Waals surface area contributed by atoms with Gasteiger partial charge in [-0.3, -0.25) is 0 Å². The van der Waals surface area contributed by atoms with E-state index in [1.54, 1.807) is 12.1 Å². The number of nitrogens with one attached hydrogen (secondary N) is 2. The number of methoxy groups -OCH3 is 1. The van der Waals surface area contributed by atoms with E-state index in [4.69, 9.17) is 21.1 Å². The van der Waals surface area contributed by atoms with E-state index in [-0.39, 0.29) is 10.6 Å². The lowest BCUT2D eigenvalue weighted by atomic mass is 10.3. The highest BCUT2D eigenvalue weighted by atomic mass is 35.5. The van der Waals surface area contributed by atoms with Crippen LogP contribution >= 0.6 is 11.6 Å². The van der Waals surface area contributed by atoms with E-state index >= 15 is 0 Å². The number of rotatable bonds is 6. The summed E-state index contributed by atoms with van der Waals surface area (Å²) >= 11 is 5.87. The maximum absolute atomic E-state index is 12.3. The monoisotopic (exact) mass is 335 g/mol. The van der Waals surface area contributed by atoms with Gasteiger partial charge in [-0.15, -0.1) is 0 Å². The topological polar surface area (TPSA) is 69.1 Å². The van der Waals surface area contributed by atoms with E-state index in [0.717, 1.165) is 32.8 Å². The molecule has 1 aromatic carbocycles. The van der Waals surface area contributed by atoms with E-state index in [9.17, 15) is 8.42 Å². The molecule has 0 bridgehead atoms. The lowest BCUT2D eigenvalue weighted by Gasteiger charge is -2.23. The third kappa shape index (κ3) is 4.55. The molecule has 0 radical (unpaired) electrons. The molecule has 1 aliphatic rings. The molecule has 1 aromatic rings. The van der Waals surface area contributed by atoms with E-state index in [1.807, 2.05) is 0 Å². The molecule has 0 spiro atoms. The van der Waals surface area contributed by atoms with Gasteiger partial charge in [0.25, 0.3) is 0 Å². The highest BCUT2D eigenvalue weighted by Gasteiger charge is 2.21. The number of hydrogen-bond acceptors (Lipinski definition) is 4. The van der Waals surface area contributed by atoms with E-state index in [2.05, 4.69) is 4.72 Å². The highest BCUT2D eigenvalue weighted by molar-refractivity contribution is 7.89. The predicted molar refractivity (Wildman–Crippen MR) is 79.6 cm³/mol. The molecule has 0 aromatic heterocycles. The van der Waals surface area contributed by atoms with Crippen LogP contribution in [0.25, 0.3) is 0 Å². The van der Waals surface area contributed by atoms with Gasteiger partial charge >= 0.3 is 0 Å². The van der Waals surface area contributed by atoms with Crippen LogP contribution < -0.4 is 14.4 Å². The van der Waals surface area contributed by atoms with Crippen molar-refractivity contribution in [2.45, 2.75) is 4.90 Å². The molecule has 21 heavy (non-hydrogen) atoms. The van der Waals surface area contributed by atoms with Crippen LogP contribution in [0.3, 0.4) is 0 Å². The van der Waals surface area contributed by atoms with Crippen molar-refractivity contribution in [3.05, 3.63) is 23.2 Å². The van der Waals surface area contributed by atoms with Crippen LogP contribution in [0.4, 0.5) is 0 Å². The molecular weight excluding hydrogens is 316 g/mol. The summed E-state index contributed by atoms with van der Waals surface area (Å²) in [6.07, 6.45) is 0. The normalized spacial score (nSPS) is 16.9. The van der Waals surface area contributed by atoms with Gasteiger partial charge in [0.05, 0.1) is 33.4 Å². The van der Waals surface area contributed by atoms with Gasteiger partial charge in [0, 0.05) is 5.02 Å². The molecular formula is C13H20ClN2O4S+. The van der Waals surface area contributed by atoms with Crippen LogP contribution in [-0.4, -0.2) is 54.9 Å². The van der Waals surface area contributed by atoms with Gasteiger partial charge in [0.1, 0.15) is 23.7 Å². The summed E-state index contributed by atoms with van der Waals surface area (Å²) < 4.78 is 37.6. The van der Waals surface area contributed by atoms with Crippen LogP contribution in [0, 0.1) is 0 Å². The van der Waals surface area contributed by atoms with Crippen LogP contribution in [-0.2, 0) is 14.8 Å². The Labute approximate surface area is 130 Å². The SMILES string of the molecule is COc1ccc(Cl)cc1S(=O)(=O)NCC[NH+]1CCOCC1. The van der Waals surface area contributed by atoms with E-state index < -0.39 is 10.0 Å². The summed E-state index contributed by atoms with van der Waals surface area (Å²) in [5.74, 6) is 0.283. The minimum Gasteiger partial charge on any atom is -0.495 e. The van der Waals surface area contributed by atoms with Gasteiger partial charge in [-0.1, -0.05) is 11.6 Å². The molecule has 2 rings (SSSR count). The van der Waals surface area contributed by atoms with Crippen LogP contribution in [0.15, 0.2) is 23.1 Å². The second-order valence-electron chi connectivity index (χ2n) is 4.81. The maximum atomic E-state index is 12.3. The second-order valence-corrected chi connectivity index (χ2v) is 6.98. The number of quaternary nitrogens is 1. The third-order valence-corrected chi connectivity index (χ3v) is 5.10. The lowest BCUT2D eigenvalue weighted by Crippen LogP contribution is -3.14. The zero-order valence-electron chi connectivity index (χ0n) is 11.9. The van der Waals surface area contributed by atoms with Crippen molar-refractivity contribution in [2.24, 2.45) is 0 Å². The zero-order chi connectivity index (χ0) is 15.3. The Morgan fingerprint density at radius 3 is 2.76 bits per heavy atom. The van der Waals surface area contributed by atoms with Crippen molar-refractivity contribution in [2.75, 3.05) is 46.5 Å². The number of morpholine rings is 1. The van der Waals surface area contributed by atoms with Gasteiger partial charge in [0.2, 0.25) is 10.0 Å². The number of sulfonamides is 1. The van der Waals surface area contributed by atoms with Gasteiger partial charge in [-0.05, 0) is 18.2 Å². The first kappa shape index (κ1) is 16.5. The fourth-order valence-corrected chi connectivity index (χ4v) is 3.67. The molecule has 0 unspecified atom stereocenters. The summed E-state index contributed by atoms with van der Waals surface area (Å²) in [5.41, 5.74) is 0. The first-order valence-electron chi connectivity index (χ1n) is 6.77. The summed E-state index contributed by atoms with van der Waals surface area (Å²) in [7, 11) is -2.20. The fourth-order valence-electron chi connectivity index (χ4n) is 2.21. The molecule has 1 saturated heterocycles. The van der Waals surface area contributed by atoms with E-state index in [0.29, 0.717) is 11.6 Å². The molecule has 2 N–H and O–H groups in total. The molecule has 1 aliphatic heterocycles. The summed E-state index contributed by atoms with van der Waals surface area (Å²) in [6.45, 7) is 4.36. The Morgan fingerprint density at radius 1 is 1.38 bits per heavy atom. The van der Waals surface area contributed by atoms with E-state index in [1.165, 1.54) is 18.1 Å². The molecule has 0 saturated carbocycles. The smallest absolute Gasteiger partial charge is 0.244 e. The second kappa shape index (κ2) is 7.42. The Balaban J connectivity index is 1.99. The van der Waals surface area contributed by atoms with Crippen LogP contribution in [0.2, 0.25) is 5.02 Å². The van der Waals surface area contributed by atoms with Gasteiger partial charge in [-0.25, -0.2) is 13.1 Å². The van der Waals surface area contributed by atoms with Crippen molar-refractivity contribution in [1.29, 1.82) is 0 Å². The summed E-state index contributed by atoms with van der Waals surface area (Å²) in [4.78, 5) is 1.40. The van der Waals surface area contributed by atoms with Crippen molar-refractivity contribution in [3.8, 4) is 5.75 Å². The van der Waals surface area contributed by atoms with Gasteiger partial charge < -0.3 is 14.4 Å². The molecule has 1 heterocycles. The minimum absolute atomic E-state index is 0.0643. The number of benzene rings is 1. The highest BCUT2D eigenvalue weighted by Crippen LogP contribution is 2.26. The summed E-state index contributed by atoms with van der Waals surface area (Å²) in [5, 5.41) is 0.356. The number of halogens is 1. The molecule has 118 valence electrons. The number of hydrogen-bond donors (Lipinski definition) is 2. The fraction of sp³-hybridized carbons (Fsp3) is 0.538. The Hall–Kier alpha value is -0.860. The third-order valence-electron chi connectivity index (χ3n) is 3.39. The Morgan fingerprint density at radius 2 is 2.10 bits per heavy atom. The van der Waals surface area contributed by atoms with Gasteiger partial charge in [0.15, 0.2) is 0 Å². The average molecular weight is 336 g/mol. The van der Waals surface area contributed by atoms with Crippen molar-refractivity contribution in [1.82, 2.24) is 4.72 Å². The summed E-state index contributed by atoms with van der Waals surface area (Å²) in [6, 6.07) is 4.53. The number of ether oxygens (including phenoxy) is 2. The Kier molecular flexibility index (Phi) is 5.83. The molecule has 6 nitrogen and oxygen atoms in total. The zero-order valence-corrected chi connectivity index (χ0v) is 13.5. The van der Waals surface area contributed by atoms with Crippen molar-refractivity contribution >= 4 is 21.6 Å². The molecule has 0 aliphatic carbocycles. The maximum Gasteiger partial charge on any atom is 0.244 e. The molecule has 8 heteroatoms. The average Bonchev–Trinajstić information content (AvgIpc) is 2.48. The quantitative estimate of drug-likeness (QED) is 0.738.